The van der Waals surface area contributed by atoms with Gasteiger partial charge in [0.15, 0.2) is 0 Å². The van der Waals surface area contributed by atoms with Crippen LogP contribution in [0.4, 0.5) is 0 Å². The van der Waals surface area contributed by atoms with Crippen molar-refractivity contribution in [3.63, 3.8) is 0 Å². The lowest BCUT2D eigenvalue weighted by Gasteiger charge is -2.43. The van der Waals surface area contributed by atoms with Crippen LogP contribution in [0.5, 0.6) is 0 Å². The second kappa shape index (κ2) is 5.73. The summed E-state index contributed by atoms with van der Waals surface area (Å²) in [6, 6.07) is 0.490. The van der Waals surface area contributed by atoms with Crippen molar-refractivity contribution >= 4 is 5.84 Å². The average Bonchev–Trinajstić information content (AvgIpc) is 2.76. The fourth-order valence-corrected chi connectivity index (χ4v) is 3.18. The van der Waals surface area contributed by atoms with Crippen molar-refractivity contribution in [1.82, 2.24) is 4.90 Å². The van der Waals surface area contributed by atoms with E-state index in [1.165, 1.54) is 12.0 Å². The fourth-order valence-electron chi connectivity index (χ4n) is 3.18. The first-order chi connectivity index (χ1) is 8.44. The van der Waals surface area contributed by atoms with Crippen LogP contribution in [0.2, 0.25) is 0 Å². The Balaban J connectivity index is 3.21. The van der Waals surface area contributed by atoms with Gasteiger partial charge in [-0.1, -0.05) is 32.1 Å². The van der Waals surface area contributed by atoms with Crippen LogP contribution in [0.1, 0.15) is 60.3 Å². The maximum absolute atomic E-state index is 8.49. The first-order valence-electron chi connectivity index (χ1n) is 7.11. The molecule has 1 aliphatic heterocycles. The number of hydrogen-bond acceptors (Lipinski definition) is 1. The van der Waals surface area contributed by atoms with Gasteiger partial charge in [0.25, 0.3) is 0 Å². The van der Waals surface area contributed by atoms with Crippen LogP contribution < -0.4 is 0 Å². The van der Waals surface area contributed by atoms with Crippen LogP contribution >= 0.6 is 0 Å². The van der Waals surface area contributed by atoms with Gasteiger partial charge in [-0.15, -0.1) is 0 Å². The first-order valence-corrected chi connectivity index (χ1v) is 7.11. The molecule has 0 bridgehead atoms. The Hall–Kier alpha value is -1.05. The molecule has 0 saturated carbocycles. The van der Waals surface area contributed by atoms with E-state index in [9.17, 15) is 0 Å². The van der Waals surface area contributed by atoms with Gasteiger partial charge in [0.1, 0.15) is 5.84 Å². The molecule has 1 N–H and O–H groups in total. The molecular formula is C16H28N2. The Labute approximate surface area is 112 Å². The fraction of sp³-hybridized carbons (Fsp3) is 0.688. The molecule has 2 unspecified atom stereocenters. The second-order valence-corrected chi connectivity index (χ2v) is 5.46. The van der Waals surface area contributed by atoms with E-state index in [2.05, 4.69) is 32.3 Å². The smallest absolute Gasteiger partial charge is 0.124 e. The summed E-state index contributed by atoms with van der Waals surface area (Å²) < 4.78 is 0. The van der Waals surface area contributed by atoms with E-state index in [0.29, 0.717) is 11.9 Å². The molecule has 0 aromatic carbocycles. The summed E-state index contributed by atoms with van der Waals surface area (Å²) in [6.07, 6.45) is 6.49. The van der Waals surface area contributed by atoms with Crippen LogP contribution in [0.15, 0.2) is 23.8 Å². The van der Waals surface area contributed by atoms with Crippen molar-refractivity contribution < 1.29 is 0 Å². The highest BCUT2D eigenvalue weighted by atomic mass is 15.3. The maximum Gasteiger partial charge on any atom is 0.124 e. The Morgan fingerprint density at radius 3 is 2.44 bits per heavy atom. The highest BCUT2D eigenvalue weighted by Crippen LogP contribution is 2.43. The molecule has 2 heteroatoms. The summed E-state index contributed by atoms with van der Waals surface area (Å²) in [7, 11) is 0. The number of likely N-dealkylation sites (tertiary alicyclic amines) is 1. The van der Waals surface area contributed by atoms with Crippen molar-refractivity contribution in [2.45, 2.75) is 71.9 Å². The molecule has 18 heavy (non-hydrogen) atoms. The molecule has 2 nitrogen and oxygen atoms in total. The molecule has 0 spiro atoms. The van der Waals surface area contributed by atoms with Crippen molar-refractivity contribution in [2.24, 2.45) is 0 Å². The van der Waals surface area contributed by atoms with Crippen LogP contribution in [-0.4, -0.2) is 22.3 Å². The molecule has 2 atom stereocenters. The molecule has 0 aliphatic carbocycles. The van der Waals surface area contributed by atoms with Gasteiger partial charge in [0, 0.05) is 6.04 Å². The van der Waals surface area contributed by atoms with E-state index in [0.717, 1.165) is 24.8 Å². The minimum Gasteiger partial charge on any atom is -0.345 e. The molecule has 0 aromatic heterocycles. The summed E-state index contributed by atoms with van der Waals surface area (Å²) in [5, 5.41) is 8.49. The van der Waals surface area contributed by atoms with E-state index < -0.39 is 0 Å². The number of nitrogens with one attached hydrogen (secondary N) is 1. The SMILES string of the molecule is C=C(C)C1(CC)CCC(CC)N1C(=N)C(C)=CC. The lowest BCUT2D eigenvalue weighted by molar-refractivity contribution is 0.218. The maximum atomic E-state index is 8.49. The molecule has 1 fully saturated rings. The van der Waals surface area contributed by atoms with Crippen molar-refractivity contribution in [3.8, 4) is 0 Å². The van der Waals surface area contributed by atoms with E-state index in [-0.39, 0.29) is 5.54 Å². The van der Waals surface area contributed by atoms with Gasteiger partial charge in [-0.05, 0) is 52.0 Å². The Bertz CT molecular complexity index is 367. The van der Waals surface area contributed by atoms with Gasteiger partial charge < -0.3 is 4.90 Å². The van der Waals surface area contributed by atoms with E-state index >= 15 is 0 Å². The zero-order valence-electron chi connectivity index (χ0n) is 12.6. The lowest BCUT2D eigenvalue weighted by Crippen LogP contribution is -2.51. The molecule has 102 valence electrons. The monoisotopic (exact) mass is 248 g/mol. The molecule has 1 heterocycles. The van der Waals surface area contributed by atoms with E-state index in [1.807, 2.05) is 19.9 Å². The number of amidine groups is 1. The predicted octanol–water partition coefficient (Wildman–Crippen LogP) is 4.53. The number of hydrogen-bond donors (Lipinski definition) is 1. The van der Waals surface area contributed by atoms with Crippen LogP contribution in [0.25, 0.3) is 0 Å². The minimum atomic E-state index is 0.00201. The highest BCUT2D eigenvalue weighted by molar-refractivity contribution is 5.96. The third-order valence-corrected chi connectivity index (χ3v) is 4.62. The Kier molecular flexibility index (Phi) is 4.78. The molecule has 1 aliphatic rings. The zero-order chi connectivity index (χ0) is 13.9. The van der Waals surface area contributed by atoms with Crippen LogP contribution in [-0.2, 0) is 0 Å². The van der Waals surface area contributed by atoms with Crippen LogP contribution in [0, 0.1) is 5.41 Å². The summed E-state index contributed by atoms with van der Waals surface area (Å²) in [5.74, 6) is 0.687. The van der Waals surface area contributed by atoms with Gasteiger partial charge in [-0.3, -0.25) is 5.41 Å². The molecular weight excluding hydrogens is 220 g/mol. The highest BCUT2D eigenvalue weighted by Gasteiger charge is 2.46. The standard InChI is InChI=1S/C16H28N2/c1-7-13(6)15(17)18-14(8-2)10-11-16(18,9-3)12(4)5/h7,14,17H,4,8-11H2,1-3,5-6H3. The van der Waals surface area contributed by atoms with Gasteiger partial charge in [-0.25, -0.2) is 0 Å². The third kappa shape index (κ3) is 2.25. The zero-order valence-corrected chi connectivity index (χ0v) is 12.6. The largest absolute Gasteiger partial charge is 0.345 e. The van der Waals surface area contributed by atoms with Gasteiger partial charge in [-0.2, -0.15) is 0 Å². The number of rotatable bonds is 4. The summed E-state index contributed by atoms with van der Waals surface area (Å²) in [5.41, 5.74) is 2.27. The number of allylic oxidation sites excluding steroid dienone is 1. The Morgan fingerprint density at radius 1 is 1.44 bits per heavy atom. The second-order valence-electron chi connectivity index (χ2n) is 5.46. The lowest BCUT2D eigenvalue weighted by atomic mass is 9.85. The minimum absolute atomic E-state index is 0.00201. The van der Waals surface area contributed by atoms with Gasteiger partial charge in [0.05, 0.1) is 5.54 Å². The van der Waals surface area contributed by atoms with Gasteiger partial charge in [0.2, 0.25) is 0 Å². The van der Waals surface area contributed by atoms with Gasteiger partial charge >= 0.3 is 0 Å². The number of nitrogens with zero attached hydrogens (tertiary/aromatic N) is 1. The first kappa shape index (κ1) is 15.0. The Morgan fingerprint density at radius 2 is 2.06 bits per heavy atom. The van der Waals surface area contributed by atoms with Crippen molar-refractivity contribution in [3.05, 3.63) is 23.8 Å². The third-order valence-electron chi connectivity index (χ3n) is 4.62. The topological polar surface area (TPSA) is 27.1 Å². The van der Waals surface area contributed by atoms with E-state index in [1.54, 1.807) is 0 Å². The summed E-state index contributed by atoms with van der Waals surface area (Å²) in [6.45, 7) is 14.8. The summed E-state index contributed by atoms with van der Waals surface area (Å²) >= 11 is 0. The van der Waals surface area contributed by atoms with Crippen LogP contribution in [0.3, 0.4) is 0 Å². The normalized spacial score (nSPS) is 28.6. The molecule has 0 amide bonds. The molecule has 1 saturated heterocycles. The van der Waals surface area contributed by atoms with Crippen molar-refractivity contribution in [1.29, 1.82) is 5.41 Å². The van der Waals surface area contributed by atoms with Crippen molar-refractivity contribution in [2.75, 3.05) is 0 Å². The quantitative estimate of drug-likeness (QED) is 0.442. The molecule has 0 radical (unpaired) electrons. The van der Waals surface area contributed by atoms with E-state index in [4.69, 9.17) is 5.41 Å². The summed E-state index contributed by atoms with van der Waals surface area (Å²) in [4.78, 5) is 2.34. The predicted molar refractivity (Wildman–Crippen MR) is 80.1 cm³/mol. The molecule has 1 rings (SSSR count). The molecule has 0 aromatic rings. The average molecular weight is 248 g/mol.